The number of halogens is 2. The molecule has 0 aliphatic carbocycles. The SMILES string of the molecule is O=C(COC(=O)c1ccc(COc2ccc(F)cc2)o1)NCc1ccc(Cl)cc1. The molecule has 29 heavy (non-hydrogen) atoms. The number of nitrogens with one attached hydrogen (secondary N) is 1. The van der Waals surface area contributed by atoms with Crippen LogP contribution >= 0.6 is 11.6 Å². The molecule has 8 heteroatoms. The number of furan rings is 1. The van der Waals surface area contributed by atoms with Crippen LogP contribution in [-0.2, 0) is 22.7 Å². The standard InChI is InChI=1S/C21H17ClFNO5/c22-15-3-1-14(2-4-15)11-24-20(25)13-28-21(26)19-10-9-18(29-19)12-27-17-7-5-16(23)6-8-17/h1-10H,11-13H2,(H,24,25). The molecule has 1 heterocycles. The van der Waals surface area contributed by atoms with Gasteiger partial charge in [0.05, 0.1) is 0 Å². The molecule has 0 atom stereocenters. The Morgan fingerprint density at radius 1 is 1.00 bits per heavy atom. The Morgan fingerprint density at radius 3 is 2.45 bits per heavy atom. The quantitative estimate of drug-likeness (QED) is 0.558. The molecule has 3 aromatic rings. The van der Waals surface area contributed by atoms with Crippen LogP contribution in [0, 0.1) is 5.82 Å². The highest BCUT2D eigenvalue weighted by atomic mass is 35.5. The molecule has 6 nitrogen and oxygen atoms in total. The van der Waals surface area contributed by atoms with Crippen molar-refractivity contribution in [2.45, 2.75) is 13.2 Å². The minimum atomic E-state index is -0.764. The molecule has 0 aliphatic rings. The van der Waals surface area contributed by atoms with E-state index >= 15 is 0 Å². The van der Waals surface area contributed by atoms with Crippen molar-refractivity contribution in [1.82, 2.24) is 5.32 Å². The van der Waals surface area contributed by atoms with Gasteiger partial charge in [-0.15, -0.1) is 0 Å². The monoisotopic (exact) mass is 417 g/mol. The van der Waals surface area contributed by atoms with E-state index in [0.717, 1.165) is 5.56 Å². The van der Waals surface area contributed by atoms with Gasteiger partial charge in [0.15, 0.2) is 6.61 Å². The van der Waals surface area contributed by atoms with Crippen LogP contribution in [0.3, 0.4) is 0 Å². The van der Waals surface area contributed by atoms with Gasteiger partial charge in [-0.05, 0) is 54.1 Å². The van der Waals surface area contributed by atoms with E-state index in [0.29, 0.717) is 23.1 Å². The predicted octanol–water partition coefficient (Wildman–Crippen LogP) is 4.12. The summed E-state index contributed by atoms with van der Waals surface area (Å²) in [5.74, 6) is -0.775. The third kappa shape index (κ3) is 6.36. The van der Waals surface area contributed by atoms with Crippen molar-refractivity contribution in [2.75, 3.05) is 6.61 Å². The van der Waals surface area contributed by atoms with Gasteiger partial charge in [-0.2, -0.15) is 0 Å². The lowest BCUT2D eigenvalue weighted by atomic mass is 10.2. The summed E-state index contributed by atoms with van der Waals surface area (Å²) in [6.07, 6.45) is 0. The number of carbonyl (C=O) groups excluding carboxylic acids is 2. The zero-order valence-corrected chi connectivity index (χ0v) is 15.9. The Kier molecular flexibility index (Phi) is 6.86. The van der Waals surface area contributed by atoms with Crippen molar-refractivity contribution < 1.29 is 27.9 Å². The van der Waals surface area contributed by atoms with Crippen molar-refractivity contribution in [3.63, 3.8) is 0 Å². The summed E-state index contributed by atoms with van der Waals surface area (Å²) in [6.45, 7) is -0.0891. The molecule has 0 saturated heterocycles. The van der Waals surface area contributed by atoms with E-state index in [1.54, 1.807) is 30.3 Å². The van der Waals surface area contributed by atoms with Gasteiger partial charge in [0.2, 0.25) is 5.76 Å². The van der Waals surface area contributed by atoms with Gasteiger partial charge in [-0.25, -0.2) is 9.18 Å². The van der Waals surface area contributed by atoms with Crippen molar-refractivity contribution >= 4 is 23.5 Å². The first kappa shape index (κ1) is 20.4. The Hall–Kier alpha value is -3.32. The second-order valence-corrected chi connectivity index (χ2v) is 6.42. The molecule has 0 radical (unpaired) electrons. The summed E-state index contributed by atoms with van der Waals surface area (Å²) < 4.78 is 28.6. The number of hydrogen-bond acceptors (Lipinski definition) is 5. The molecule has 0 saturated carbocycles. The van der Waals surface area contributed by atoms with Crippen molar-refractivity contribution in [2.24, 2.45) is 0 Å². The van der Waals surface area contributed by atoms with Crippen LogP contribution in [0.2, 0.25) is 5.02 Å². The molecule has 1 N–H and O–H groups in total. The van der Waals surface area contributed by atoms with E-state index < -0.39 is 18.5 Å². The summed E-state index contributed by atoms with van der Waals surface area (Å²) in [5.41, 5.74) is 0.867. The van der Waals surface area contributed by atoms with E-state index in [2.05, 4.69) is 5.32 Å². The number of hydrogen-bond donors (Lipinski definition) is 1. The van der Waals surface area contributed by atoms with Crippen molar-refractivity contribution in [3.8, 4) is 5.75 Å². The maximum atomic E-state index is 12.9. The van der Waals surface area contributed by atoms with Crippen LogP contribution in [0.4, 0.5) is 4.39 Å². The van der Waals surface area contributed by atoms with Gasteiger partial charge < -0.3 is 19.2 Å². The summed E-state index contributed by atoms with van der Waals surface area (Å²) in [5, 5.41) is 3.24. The lowest BCUT2D eigenvalue weighted by Crippen LogP contribution is -2.28. The van der Waals surface area contributed by atoms with Gasteiger partial charge >= 0.3 is 5.97 Å². The maximum Gasteiger partial charge on any atom is 0.374 e. The van der Waals surface area contributed by atoms with E-state index in [4.69, 9.17) is 25.5 Å². The molecule has 150 valence electrons. The minimum absolute atomic E-state index is 0.0480. The van der Waals surface area contributed by atoms with Crippen molar-refractivity contribution in [1.29, 1.82) is 0 Å². The van der Waals surface area contributed by atoms with Crippen LogP contribution < -0.4 is 10.1 Å². The number of amides is 1. The molecule has 1 aromatic heterocycles. The minimum Gasteiger partial charge on any atom is -0.486 e. The summed E-state index contributed by atoms with van der Waals surface area (Å²) in [7, 11) is 0. The highest BCUT2D eigenvalue weighted by Crippen LogP contribution is 2.15. The van der Waals surface area contributed by atoms with Crippen LogP contribution in [0.15, 0.2) is 65.1 Å². The lowest BCUT2D eigenvalue weighted by Gasteiger charge is -2.06. The van der Waals surface area contributed by atoms with Crippen LogP contribution in [0.5, 0.6) is 5.75 Å². The molecule has 0 aliphatic heterocycles. The van der Waals surface area contributed by atoms with Gasteiger partial charge in [-0.3, -0.25) is 4.79 Å². The fourth-order valence-electron chi connectivity index (χ4n) is 2.31. The number of ether oxygens (including phenoxy) is 2. The van der Waals surface area contributed by atoms with Gasteiger partial charge in [0.1, 0.15) is 23.9 Å². The third-order valence-corrected chi connectivity index (χ3v) is 4.05. The lowest BCUT2D eigenvalue weighted by molar-refractivity contribution is -0.124. The van der Waals surface area contributed by atoms with Gasteiger partial charge in [0, 0.05) is 11.6 Å². The fraction of sp³-hybridized carbons (Fsp3) is 0.143. The molecule has 0 fully saturated rings. The first-order chi connectivity index (χ1) is 14.0. The van der Waals surface area contributed by atoms with Crippen LogP contribution in [-0.4, -0.2) is 18.5 Å². The zero-order valence-electron chi connectivity index (χ0n) is 15.2. The molecule has 0 unspecified atom stereocenters. The van der Waals surface area contributed by atoms with Gasteiger partial charge in [-0.1, -0.05) is 23.7 Å². The first-order valence-corrected chi connectivity index (χ1v) is 9.03. The number of esters is 1. The Balaban J connectivity index is 1.41. The molecule has 3 rings (SSSR count). The Morgan fingerprint density at radius 2 is 1.72 bits per heavy atom. The predicted molar refractivity (Wildman–Crippen MR) is 103 cm³/mol. The molecule has 2 aromatic carbocycles. The molecule has 1 amide bonds. The van der Waals surface area contributed by atoms with Crippen LogP contribution in [0.1, 0.15) is 21.9 Å². The largest absolute Gasteiger partial charge is 0.486 e. The number of carbonyl (C=O) groups is 2. The molecule has 0 spiro atoms. The molecular weight excluding hydrogens is 401 g/mol. The average Bonchev–Trinajstić information content (AvgIpc) is 3.20. The second-order valence-electron chi connectivity index (χ2n) is 5.99. The van der Waals surface area contributed by atoms with Crippen molar-refractivity contribution in [3.05, 3.63) is 88.6 Å². The fourth-order valence-corrected chi connectivity index (χ4v) is 2.43. The second kappa shape index (κ2) is 9.75. The molecular formula is C21H17ClFNO5. The number of rotatable bonds is 8. The Labute approximate surface area is 171 Å². The Bertz CT molecular complexity index is 969. The zero-order chi connectivity index (χ0) is 20.6. The normalized spacial score (nSPS) is 10.4. The highest BCUT2D eigenvalue weighted by Gasteiger charge is 2.15. The van der Waals surface area contributed by atoms with Crippen LogP contribution in [0.25, 0.3) is 0 Å². The highest BCUT2D eigenvalue weighted by molar-refractivity contribution is 6.30. The third-order valence-electron chi connectivity index (χ3n) is 3.79. The van der Waals surface area contributed by atoms with E-state index in [1.807, 2.05) is 0 Å². The number of benzene rings is 2. The summed E-state index contributed by atoms with van der Waals surface area (Å²) in [4.78, 5) is 23.8. The summed E-state index contributed by atoms with van der Waals surface area (Å²) in [6, 6.07) is 15.5. The topological polar surface area (TPSA) is 77.8 Å². The van der Waals surface area contributed by atoms with E-state index in [-0.39, 0.29) is 18.2 Å². The summed E-state index contributed by atoms with van der Waals surface area (Å²) >= 11 is 5.80. The smallest absolute Gasteiger partial charge is 0.374 e. The molecule has 0 bridgehead atoms. The van der Waals surface area contributed by atoms with E-state index in [9.17, 15) is 14.0 Å². The van der Waals surface area contributed by atoms with E-state index in [1.165, 1.54) is 30.3 Å². The maximum absolute atomic E-state index is 12.9. The van der Waals surface area contributed by atoms with Gasteiger partial charge in [0.25, 0.3) is 5.91 Å². The first-order valence-electron chi connectivity index (χ1n) is 8.65. The average molecular weight is 418 g/mol.